The summed E-state index contributed by atoms with van der Waals surface area (Å²) in [5, 5.41) is 5.33. The lowest BCUT2D eigenvalue weighted by Gasteiger charge is -2.43. The van der Waals surface area contributed by atoms with Gasteiger partial charge in [0.1, 0.15) is 17.6 Å². The van der Waals surface area contributed by atoms with Crippen molar-refractivity contribution in [3.05, 3.63) is 89.4 Å². The average Bonchev–Trinajstić information content (AvgIpc) is 3.71. The van der Waals surface area contributed by atoms with Crippen molar-refractivity contribution in [2.45, 2.75) is 115 Å². The van der Waals surface area contributed by atoms with E-state index in [0.29, 0.717) is 55.0 Å². The number of carbonyl (C=O) groups is 5. The van der Waals surface area contributed by atoms with Gasteiger partial charge in [-0.2, -0.15) is 0 Å². The molecule has 4 fully saturated rings. The Kier molecular flexibility index (Phi) is 17.6. The Morgan fingerprint density at radius 3 is 2.34 bits per heavy atom. The predicted octanol–water partition coefficient (Wildman–Crippen LogP) is 6.10. The van der Waals surface area contributed by atoms with Gasteiger partial charge in [-0.05, 0) is 106 Å². The van der Waals surface area contributed by atoms with Gasteiger partial charge in [0.25, 0.3) is 11.8 Å². The number of pyridine rings is 2. The van der Waals surface area contributed by atoms with Crippen molar-refractivity contribution in [1.29, 1.82) is 0 Å². The van der Waals surface area contributed by atoms with E-state index in [1.807, 2.05) is 41.3 Å². The molecule has 3 aromatic rings. The number of amides is 5. The molecule has 5 amide bonds. The van der Waals surface area contributed by atoms with Crippen LogP contribution in [-0.4, -0.2) is 143 Å². The highest BCUT2D eigenvalue weighted by atomic mass is 16.5. The van der Waals surface area contributed by atoms with E-state index in [0.717, 1.165) is 127 Å². The summed E-state index contributed by atoms with van der Waals surface area (Å²) >= 11 is 0. The van der Waals surface area contributed by atoms with Gasteiger partial charge >= 0.3 is 0 Å². The fourth-order valence-electron chi connectivity index (χ4n) is 10.6. The molecule has 5 aliphatic rings. The maximum atomic E-state index is 13.4. The highest BCUT2D eigenvalue weighted by molar-refractivity contribution is 6.05. The van der Waals surface area contributed by atoms with Crippen LogP contribution in [0.4, 0.5) is 5.82 Å². The number of aromatic nitrogens is 2. The number of rotatable bonds is 21. The molecule has 2 N–H and O–H groups in total. The molecule has 2 aromatic heterocycles. The second kappa shape index (κ2) is 24.6. The van der Waals surface area contributed by atoms with E-state index in [9.17, 15) is 24.0 Å². The number of piperidine rings is 3. The Hall–Kier alpha value is -5.67. The van der Waals surface area contributed by atoms with E-state index in [4.69, 9.17) is 9.72 Å². The first-order valence-electron chi connectivity index (χ1n) is 25.5. The van der Waals surface area contributed by atoms with Crippen molar-refractivity contribution in [3.63, 3.8) is 0 Å². The molecule has 8 rings (SSSR count). The zero-order valence-corrected chi connectivity index (χ0v) is 39.8. The molecule has 364 valence electrons. The number of hydrogen-bond acceptors (Lipinski definition) is 11. The van der Waals surface area contributed by atoms with Gasteiger partial charge in [-0.15, -0.1) is 0 Å². The van der Waals surface area contributed by atoms with E-state index in [2.05, 4.69) is 30.3 Å². The van der Waals surface area contributed by atoms with Crippen molar-refractivity contribution in [2.75, 3.05) is 77.0 Å². The number of nitrogens with zero attached hydrogens (tertiary/aromatic N) is 7. The Labute approximate surface area is 402 Å². The third kappa shape index (κ3) is 13.3. The molecular formula is C53H71N9O6. The summed E-state index contributed by atoms with van der Waals surface area (Å²) < 4.78 is 6.15. The number of unbranched alkanes of at least 4 members (excludes halogenated alkanes) is 6. The Morgan fingerprint density at radius 2 is 1.59 bits per heavy atom. The number of nitrogens with one attached hydrogen (secondary N) is 2. The second-order valence-corrected chi connectivity index (χ2v) is 19.3. The van der Waals surface area contributed by atoms with E-state index in [1.54, 1.807) is 41.7 Å². The Balaban J connectivity index is 0.631. The molecule has 1 atom stereocenters. The summed E-state index contributed by atoms with van der Waals surface area (Å²) in [7, 11) is 0. The average molecular weight is 930 g/mol. The van der Waals surface area contributed by atoms with Crippen molar-refractivity contribution in [1.82, 2.24) is 40.2 Å². The minimum absolute atomic E-state index is 0.0814. The van der Waals surface area contributed by atoms with Crippen molar-refractivity contribution in [3.8, 4) is 5.75 Å². The predicted molar refractivity (Wildman–Crippen MR) is 262 cm³/mol. The molecule has 0 saturated carbocycles. The van der Waals surface area contributed by atoms with Crippen LogP contribution in [0.2, 0.25) is 0 Å². The van der Waals surface area contributed by atoms with Gasteiger partial charge < -0.3 is 29.7 Å². The van der Waals surface area contributed by atoms with E-state index < -0.39 is 11.9 Å². The zero-order valence-electron chi connectivity index (χ0n) is 39.8. The smallest absolute Gasteiger partial charge is 0.255 e. The normalized spacial score (nSPS) is 20.0. The highest BCUT2D eigenvalue weighted by Gasteiger charge is 2.40. The minimum atomic E-state index is -0.623. The summed E-state index contributed by atoms with van der Waals surface area (Å²) in [6, 6.07) is 13.3. The first kappa shape index (κ1) is 48.8. The lowest BCUT2D eigenvalue weighted by atomic mass is 9.91. The topological polar surface area (TPSA) is 161 Å². The number of carbonyl (C=O) groups excluding carboxylic acids is 5. The molecule has 15 nitrogen and oxygen atoms in total. The second-order valence-electron chi connectivity index (χ2n) is 19.3. The Morgan fingerprint density at radius 1 is 0.794 bits per heavy atom. The number of hydrogen-bond donors (Lipinski definition) is 2. The van der Waals surface area contributed by atoms with Gasteiger partial charge in [0, 0.05) is 107 Å². The molecule has 68 heavy (non-hydrogen) atoms. The van der Waals surface area contributed by atoms with Crippen molar-refractivity contribution >= 4 is 41.4 Å². The minimum Gasteiger partial charge on any atom is -0.493 e. The van der Waals surface area contributed by atoms with Crippen LogP contribution in [0.1, 0.15) is 128 Å². The largest absolute Gasteiger partial charge is 0.493 e. The van der Waals surface area contributed by atoms with E-state index >= 15 is 0 Å². The fourth-order valence-corrected chi connectivity index (χ4v) is 10.6. The quantitative estimate of drug-likeness (QED) is 0.0723. The van der Waals surface area contributed by atoms with Crippen LogP contribution < -0.4 is 20.3 Å². The van der Waals surface area contributed by atoms with Crippen LogP contribution in [0.3, 0.4) is 0 Å². The number of ether oxygens (including phenoxy) is 1. The molecule has 1 unspecified atom stereocenters. The molecule has 4 saturated heterocycles. The number of likely N-dealkylation sites (tertiary alicyclic amines) is 1. The number of piperazine rings is 1. The highest BCUT2D eigenvalue weighted by Crippen LogP contribution is 2.34. The number of benzene rings is 1. The lowest BCUT2D eigenvalue weighted by molar-refractivity contribution is -0.137. The van der Waals surface area contributed by atoms with Gasteiger partial charge in [-0.3, -0.25) is 39.2 Å². The summed E-state index contributed by atoms with van der Waals surface area (Å²) in [4.78, 5) is 82.7. The number of imide groups is 1. The van der Waals surface area contributed by atoms with Crippen molar-refractivity contribution < 1.29 is 28.7 Å². The number of fused-ring (bicyclic) bond motifs is 1. The monoisotopic (exact) mass is 930 g/mol. The molecule has 7 heterocycles. The molecular weight excluding hydrogens is 859 g/mol. The molecule has 1 aromatic carbocycles. The summed E-state index contributed by atoms with van der Waals surface area (Å²) in [6.45, 7) is 10.9. The van der Waals surface area contributed by atoms with Crippen molar-refractivity contribution in [2.24, 2.45) is 5.92 Å². The maximum Gasteiger partial charge on any atom is 0.255 e. The van der Waals surface area contributed by atoms with Gasteiger partial charge in [0.05, 0.1) is 18.7 Å². The van der Waals surface area contributed by atoms with Crippen LogP contribution >= 0.6 is 0 Å². The first-order chi connectivity index (χ1) is 33.3. The molecule has 0 bridgehead atoms. The van der Waals surface area contributed by atoms with E-state index in [1.165, 1.54) is 32.2 Å². The van der Waals surface area contributed by atoms with Crippen LogP contribution in [-0.2, 0) is 20.9 Å². The van der Waals surface area contributed by atoms with Gasteiger partial charge in [-0.25, -0.2) is 4.98 Å². The van der Waals surface area contributed by atoms with Gasteiger partial charge in [-0.1, -0.05) is 50.7 Å². The SMILES string of the molecule is O=C(/C=C/c1cccnc1)NCCCCC1CCN(C(=O)c2ccc(N3CCC(N4CCN(CCCCCCCCOc5cccc6c5CN(C5CCC(=O)NC5=O)C6=O)CC4)CC3)nc2)CC1. The van der Waals surface area contributed by atoms with Crippen LogP contribution in [0.5, 0.6) is 5.75 Å². The fraction of sp³-hybridized carbons (Fsp3) is 0.566. The van der Waals surface area contributed by atoms with Gasteiger partial charge in [0.15, 0.2) is 0 Å². The van der Waals surface area contributed by atoms with Gasteiger partial charge in [0.2, 0.25) is 17.7 Å². The van der Waals surface area contributed by atoms with Crippen LogP contribution in [0.15, 0.2) is 67.1 Å². The molecule has 0 aliphatic carbocycles. The molecule has 0 spiro atoms. The standard InChI is InChI=1S/C53H71N9O6/c63-49(19-15-41-12-10-25-54-37-41)55-26-6-5-11-40-21-28-61(29-22-40)52(66)42-16-18-48(56-38-42)60-30-23-43(24-31-60)59-34-32-58(33-35-59)27-7-3-1-2-4-8-36-68-47-14-9-13-44-45(47)39-62(53(44)67)46-17-20-50(64)57-51(46)65/h9-10,12-16,18-19,25,37-38,40,43,46H,1-8,11,17,20-24,26-36,39H2,(H,55,63)(H,57,64,65)/b19-15+. The summed E-state index contributed by atoms with van der Waals surface area (Å²) in [5.41, 5.74) is 3.00. The lowest BCUT2D eigenvalue weighted by Crippen LogP contribution is -2.53. The van der Waals surface area contributed by atoms with Crippen LogP contribution in [0, 0.1) is 5.92 Å². The molecule has 15 heteroatoms. The van der Waals surface area contributed by atoms with Crippen LogP contribution in [0.25, 0.3) is 6.08 Å². The van der Waals surface area contributed by atoms with E-state index in [-0.39, 0.29) is 30.0 Å². The number of anilines is 1. The zero-order chi connectivity index (χ0) is 47.1. The maximum absolute atomic E-state index is 13.4. The Bertz CT molecular complexity index is 2180. The third-order valence-electron chi connectivity index (χ3n) is 14.7. The third-order valence-corrected chi connectivity index (χ3v) is 14.7. The first-order valence-corrected chi connectivity index (χ1v) is 25.5. The summed E-state index contributed by atoms with van der Waals surface area (Å²) in [6.07, 6.45) is 23.5. The summed E-state index contributed by atoms with van der Waals surface area (Å²) in [5.74, 6) is 1.44. The molecule has 5 aliphatic heterocycles. The molecule has 0 radical (unpaired) electrons.